The summed E-state index contributed by atoms with van der Waals surface area (Å²) in [5, 5.41) is 14.8. The van der Waals surface area contributed by atoms with Gasteiger partial charge in [-0.1, -0.05) is 36.4 Å². The number of anilines is 1. The van der Waals surface area contributed by atoms with E-state index in [1.54, 1.807) is 30.3 Å². The van der Waals surface area contributed by atoms with Crippen molar-refractivity contribution >= 4 is 39.2 Å². The first-order chi connectivity index (χ1) is 13.2. The van der Waals surface area contributed by atoms with Crippen molar-refractivity contribution in [2.24, 2.45) is 5.92 Å². The molecule has 0 unspecified atom stereocenters. The molecule has 130 valence electrons. The minimum Gasteiger partial charge on any atom is -0.352 e. The largest absolute Gasteiger partial charge is 0.352 e. The predicted molar refractivity (Wildman–Crippen MR) is 102 cm³/mol. The lowest BCUT2D eigenvalue weighted by molar-refractivity contribution is -0.117. The highest BCUT2D eigenvalue weighted by molar-refractivity contribution is 6.17. The zero-order valence-corrected chi connectivity index (χ0v) is 14.1. The molecule has 27 heavy (non-hydrogen) atoms. The maximum atomic E-state index is 12.8. The van der Waals surface area contributed by atoms with Crippen LogP contribution in [0.2, 0.25) is 0 Å². The van der Waals surface area contributed by atoms with Crippen LogP contribution in [0.1, 0.15) is 10.5 Å². The number of nitriles is 1. The van der Waals surface area contributed by atoms with Gasteiger partial charge in [0.15, 0.2) is 5.92 Å². The van der Waals surface area contributed by atoms with Gasteiger partial charge >= 0.3 is 0 Å². The minimum absolute atomic E-state index is 0.226. The standard InChI is InChI=1S/C21H14N4O2/c22-12-16(21(27)25-19-7-3-4-10-23-19)20(26)18-11-15-14-6-2-1-5-13(14)8-9-17(15)24-18/h1-11,16,24H,(H,23,25,27)/t16-/m0/s1. The number of benzene rings is 2. The Balaban J connectivity index is 1.67. The second kappa shape index (κ2) is 6.73. The number of fused-ring (bicyclic) bond motifs is 3. The normalized spacial score (nSPS) is 11.8. The molecule has 0 saturated carbocycles. The molecule has 0 saturated heterocycles. The molecule has 0 fully saturated rings. The number of hydrogen-bond donors (Lipinski definition) is 2. The van der Waals surface area contributed by atoms with Crippen molar-refractivity contribution in [2.45, 2.75) is 0 Å². The molecule has 0 spiro atoms. The van der Waals surface area contributed by atoms with E-state index in [0.717, 1.165) is 21.7 Å². The van der Waals surface area contributed by atoms with Crippen molar-refractivity contribution in [1.82, 2.24) is 9.97 Å². The highest BCUT2D eigenvalue weighted by atomic mass is 16.2. The molecule has 4 rings (SSSR count). The van der Waals surface area contributed by atoms with Crippen LogP contribution in [0.5, 0.6) is 0 Å². The van der Waals surface area contributed by atoms with Gasteiger partial charge in [-0.2, -0.15) is 5.26 Å². The van der Waals surface area contributed by atoms with E-state index in [2.05, 4.69) is 15.3 Å². The van der Waals surface area contributed by atoms with E-state index in [1.807, 2.05) is 36.4 Å². The number of nitrogens with one attached hydrogen (secondary N) is 2. The van der Waals surface area contributed by atoms with Gasteiger partial charge in [0.2, 0.25) is 5.78 Å². The van der Waals surface area contributed by atoms with Crippen molar-refractivity contribution < 1.29 is 9.59 Å². The van der Waals surface area contributed by atoms with Crippen LogP contribution in [-0.4, -0.2) is 21.7 Å². The fourth-order valence-electron chi connectivity index (χ4n) is 3.05. The van der Waals surface area contributed by atoms with Crippen LogP contribution in [0, 0.1) is 17.2 Å². The predicted octanol–water partition coefficient (Wildman–Crippen LogP) is 3.68. The zero-order valence-electron chi connectivity index (χ0n) is 14.1. The Morgan fingerprint density at radius 2 is 1.85 bits per heavy atom. The van der Waals surface area contributed by atoms with Crippen LogP contribution >= 0.6 is 0 Å². The van der Waals surface area contributed by atoms with Gasteiger partial charge in [0.1, 0.15) is 5.82 Å². The maximum Gasteiger partial charge on any atom is 0.250 e. The summed E-state index contributed by atoms with van der Waals surface area (Å²) < 4.78 is 0. The van der Waals surface area contributed by atoms with Gasteiger partial charge in [-0.15, -0.1) is 0 Å². The molecular weight excluding hydrogens is 340 g/mol. The van der Waals surface area contributed by atoms with Crippen LogP contribution in [0.3, 0.4) is 0 Å². The van der Waals surface area contributed by atoms with E-state index in [1.165, 1.54) is 6.20 Å². The van der Waals surface area contributed by atoms with Crippen LogP contribution in [0.25, 0.3) is 21.7 Å². The van der Waals surface area contributed by atoms with Gasteiger partial charge in [0.25, 0.3) is 5.91 Å². The SMILES string of the molecule is N#C[C@H](C(=O)Nc1ccccn1)C(=O)c1cc2c(ccc3ccccc32)[nH]1. The number of carbonyl (C=O) groups is 2. The van der Waals surface area contributed by atoms with Crippen molar-refractivity contribution in [2.75, 3.05) is 5.32 Å². The molecule has 0 aliphatic rings. The van der Waals surface area contributed by atoms with E-state index >= 15 is 0 Å². The van der Waals surface area contributed by atoms with Gasteiger partial charge in [-0.05, 0) is 35.0 Å². The number of H-pyrrole nitrogens is 1. The maximum absolute atomic E-state index is 12.8. The first-order valence-corrected chi connectivity index (χ1v) is 8.33. The number of carbonyl (C=O) groups excluding carboxylic acids is 2. The van der Waals surface area contributed by atoms with Crippen molar-refractivity contribution in [3.63, 3.8) is 0 Å². The third-order valence-electron chi connectivity index (χ3n) is 4.36. The second-order valence-corrected chi connectivity index (χ2v) is 6.06. The summed E-state index contributed by atoms with van der Waals surface area (Å²) in [4.78, 5) is 32.2. The van der Waals surface area contributed by atoms with Gasteiger partial charge in [-0.25, -0.2) is 4.98 Å². The lowest BCUT2D eigenvalue weighted by Crippen LogP contribution is -2.29. The van der Waals surface area contributed by atoms with Gasteiger partial charge in [0.05, 0.1) is 11.8 Å². The molecular formula is C21H14N4O2. The van der Waals surface area contributed by atoms with E-state index in [0.29, 0.717) is 0 Å². The lowest BCUT2D eigenvalue weighted by Gasteiger charge is -2.07. The lowest BCUT2D eigenvalue weighted by atomic mass is 10.0. The highest BCUT2D eigenvalue weighted by Crippen LogP contribution is 2.26. The summed E-state index contributed by atoms with van der Waals surface area (Å²) in [5.41, 5.74) is 1.00. The Morgan fingerprint density at radius 1 is 1.04 bits per heavy atom. The number of pyridine rings is 1. The Morgan fingerprint density at radius 3 is 2.63 bits per heavy atom. The Bertz CT molecular complexity index is 1210. The Labute approximate surface area is 154 Å². The monoisotopic (exact) mass is 354 g/mol. The molecule has 0 bridgehead atoms. The summed E-state index contributed by atoms with van der Waals surface area (Å²) in [6.07, 6.45) is 1.52. The Hall–Kier alpha value is -3.98. The molecule has 0 aliphatic carbocycles. The van der Waals surface area contributed by atoms with Crippen LogP contribution in [0.4, 0.5) is 5.82 Å². The number of ketones is 1. The average molecular weight is 354 g/mol. The molecule has 2 aromatic carbocycles. The number of rotatable bonds is 4. The van der Waals surface area contributed by atoms with E-state index in [-0.39, 0.29) is 11.5 Å². The molecule has 2 heterocycles. The van der Waals surface area contributed by atoms with E-state index < -0.39 is 17.6 Å². The summed E-state index contributed by atoms with van der Waals surface area (Å²) >= 11 is 0. The second-order valence-electron chi connectivity index (χ2n) is 6.06. The first kappa shape index (κ1) is 16.5. The number of aromatic amines is 1. The van der Waals surface area contributed by atoms with Crippen molar-refractivity contribution in [3.8, 4) is 6.07 Å². The molecule has 1 amide bonds. The van der Waals surface area contributed by atoms with Gasteiger partial charge in [0, 0.05) is 17.1 Å². The van der Waals surface area contributed by atoms with Crippen molar-refractivity contribution in [3.05, 3.63) is 72.6 Å². The summed E-state index contributed by atoms with van der Waals surface area (Å²) in [6, 6.07) is 20.1. The Kier molecular flexibility index (Phi) is 4.11. The highest BCUT2D eigenvalue weighted by Gasteiger charge is 2.29. The molecule has 2 aromatic heterocycles. The topological polar surface area (TPSA) is 98.6 Å². The zero-order chi connectivity index (χ0) is 18.8. The minimum atomic E-state index is -1.47. The molecule has 4 aromatic rings. The fraction of sp³-hybridized carbons (Fsp3) is 0.0476. The van der Waals surface area contributed by atoms with E-state index in [9.17, 15) is 14.9 Å². The summed E-state index contributed by atoms with van der Waals surface area (Å²) in [6.45, 7) is 0. The number of nitrogens with zero attached hydrogens (tertiary/aromatic N) is 2. The smallest absolute Gasteiger partial charge is 0.250 e. The van der Waals surface area contributed by atoms with Crippen LogP contribution in [-0.2, 0) is 4.79 Å². The van der Waals surface area contributed by atoms with Gasteiger partial charge in [-0.3, -0.25) is 9.59 Å². The van der Waals surface area contributed by atoms with E-state index in [4.69, 9.17) is 0 Å². The first-order valence-electron chi connectivity index (χ1n) is 8.33. The number of amides is 1. The third kappa shape index (κ3) is 3.02. The van der Waals surface area contributed by atoms with Crippen molar-refractivity contribution in [1.29, 1.82) is 5.26 Å². The van der Waals surface area contributed by atoms with Crippen LogP contribution < -0.4 is 5.32 Å². The molecule has 0 radical (unpaired) electrons. The molecule has 1 atom stereocenters. The molecule has 6 nitrogen and oxygen atoms in total. The average Bonchev–Trinajstić information content (AvgIpc) is 3.14. The summed E-state index contributed by atoms with van der Waals surface area (Å²) in [5.74, 6) is -2.46. The fourth-order valence-corrected chi connectivity index (χ4v) is 3.05. The van der Waals surface area contributed by atoms with Gasteiger partial charge < -0.3 is 10.3 Å². The molecule has 2 N–H and O–H groups in total. The number of Topliss-reactive ketones (excluding diaryl/α,β-unsaturated/α-hetero) is 1. The summed E-state index contributed by atoms with van der Waals surface area (Å²) in [7, 11) is 0. The third-order valence-corrected chi connectivity index (χ3v) is 4.36. The number of hydrogen-bond acceptors (Lipinski definition) is 4. The molecule has 6 heteroatoms. The molecule has 0 aliphatic heterocycles. The number of aromatic nitrogens is 2. The quantitative estimate of drug-likeness (QED) is 0.431. The van der Waals surface area contributed by atoms with Crippen LogP contribution in [0.15, 0.2) is 66.9 Å².